The summed E-state index contributed by atoms with van der Waals surface area (Å²) in [5.41, 5.74) is 0. The van der Waals surface area contributed by atoms with Crippen LogP contribution < -0.4 is 0 Å². The van der Waals surface area contributed by atoms with Crippen LogP contribution in [0, 0.1) is 0 Å². The van der Waals surface area contributed by atoms with E-state index in [0.717, 1.165) is 0 Å². The molecule has 0 bridgehead atoms. The highest BCUT2D eigenvalue weighted by molar-refractivity contribution is 8.76. The number of hydrogen-bond acceptors (Lipinski definition) is 2. The fourth-order valence-electron chi connectivity index (χ4n) is 1.08. The average molecular weight is 206 g/mol. The SMILES string of the molecule is CCCCCCCCSSCC. The second kappa shape index (κ2) is 11.7. The van der Waals surface area contributed by atoms with Crippen LogP contribution >= 0.6 is 21.6 Å². The molecule has 0 saturated carbocycles. The van der Waals surface area contributed by atoms with Gasteiger partial charge in [-0.15, -0.1) is 0 Å². The van der Waals surface area contributed by atoms with Crippen molar-refractivity contribution in [1.82, 2.24) is 0 Å². The molecule has 0 fully saturated rings. The van der Waals surface area contributed by atoms with Crippen LogP contribution in [0.4, 0.5) is 0 Å². The van der Waals surface area contributed by atoms with Gasteiger partial charge in [0.25, 0.3) is 0 Å². The van der Waals surface area contributed by atoms with Crippen LogP contribution in [-0.4, -0.2) is 11.5 Å². The minimum Gasteiger partial charge on any atom is -0.0944 e. The molecule has 12 heavy (non-hydrogen) atoms. The lowest BCUT2D eigenvalue weighted by Gasteiger charge is -1.99. The summed E-state index contributed by atoms with van der Waals surface area (Å²) in [7, 11) is 4.03. The first kappa shape index (κ1) is 12.7. The fourth-order valence-corrected chi connectivity index (χ4v) is 2.90. The molecular weight excluding hydrogens is 184 g/mol. The summed E-state index contributed by atoms with van der Waals surface area (Å²) in [6, 6.07) is 0. The first-order chi connectivity index (χ1) is 5.91. The summed E-state index contributed by atoms with van der Waals surface area (Å²) < 4.78 is 0. The Hall–Kier alpha value is 0.700. The Balaban J connectivity index is 2.73. The van der Waals surface area contributed by atoms with Gasteiger partial charge < -0.3 is 0 Å². The summed E-state index contributed by atoms with van der Waals surface area (Å²) in [5, 5.41) is 0. The highest BCUT2D eigenvalue weighted by atomic mass is 33.1. The summed E-state index contributed by atoms with van der Waals surface area (Å²) in [6.07, 6.45) is 8.54. The summed E-state index contributed by atoms with van der Waals surface area (Å²) in [5.74, 6) is 2.60. The third kappa shape index (κ3) is 10.7. The van der Waals surface area contributed by atoms with Gasteiger partial charge in [0.05, 0.1) is 0 Å². The van der Waals surface area contributed by atoms with Crippen molar-refractivity contribution in [3.8, 4) is 0 Å². The average Bonchev–Trinajstić information content (AvgIpc) is 2.10. The largest absolute Gasteiger partial charge is 0.0944 e. The molecule has 0 aromatic carbocycles. The zero-order valence-corrected chi connectivity index (χ0v) is 10.1. The van der Waals surface area contributed by atoms with Crippen molar-refractivity contribution in [2.45, 2.75) is 52.4 Å². The molecule has 0 atom stereocenters. The van der Waals surface area contributed by atoms with E-state index in [9.17, 15) is 0 Å². The zero-order chi connectivity index (χ0) is 9.07. The standard InChI is InChI=1S/C10H22S2/c1-3-5-6-7-8-9-10-12-11-4-2/h3-10H2,1-2H3. The molecule has 0 saturated heterocycles. The lowest BCUT2D eigenvalue weighted by atomic mass is 10.1. The third-order valence-corrected chi connectivity index (χ3v) is 4.35. The Bertz CT molecular complexity index is 64.2. The molecule has 0 aliphatic heterocycles. The van der Waals surface area contributed by atoms with Crippen LogP contribution in [-0.2, 0) is 0 Å². The molecule has 0 aromatic rings. The van der Waals surface area contributed by atoms with Gasteiger partial charge in [-0.2, -0.15) is 0 Å². The van der Waals surface area contributed by atoms with Crippen LogP contribution in [0.25, 0.3) is 0 Å². The van der Waals surface area contributed by atoms with E-state index in [1.807, 2.05) is 21.6 Å². The van der Waals surface area contributed by atoms with E-state index in [-0.39, 0.29) is 0 Å². The quantitative estimate of drug-likeness (QED) is 0.394. The predicted octanol–water partition coefficient (Wildman–Crippen LogP) is 4.75. The smallest absolute Gasteiger partial charge is 0.00369 e. The van der Waals surface area contributed by atoms with E-state index in [2.05, 4.69) is 13.8 Å². The Morgan fingerprint density at radius 2 is 1.42 bits per heavy atom. The van der Waals surface area contributed by atoms with Gasteiger partial charge in [0, 0.05) is 11.5 Å². The second-order valence-corrected chi connectivity index (χ2v) is 5.87. The molecule has 0 aliphatic carbocycles. The molecular formula is C10H22S2. The third-order valence-electron chi connectivity index (χ3n) is 1.78. The number of rotatable bonds is 9. The van der Waals surface area contributed by atoms with Crippen molar-refractivity contribution in [1.29, 1.82) is 0 Å². The van der Waals surface area contributed by atoms with Crippen molar-refractivity contribution in [3.05, 3.63) is 0 Å². The molecule has 0 radical (unpaired) electrons. The van der Waals surface area contributed by atoms with Crippen LogP contribution in [0.5, 0.6) is 0 Å². The van der Waals surface area contributed by atoms with Gasteiger partial charge in [-0.1, -0.05) is 67.5 Å². The topological polar surface area (TPSA) is 0 Å². The fraction of sp³-hybridized carbons (Fsp3) is 1.00. The van der Waals surface area contributed by atoms with Gasteiger partial charge in [0.15, 0.2) is 0 Å². The van der Waals surface area contributed by atoms with Gasteiger partial charge in [0.2, 0.25) is 0 Å². The molecule has 0 nitrogen and oxygen atoms in total. The lowest BCUT2D eigenvalue weighted by molar-refractivity contribution is 0.627. The monoisotopic (exact) mass is 206 g/mol. The molecule has 0 rings (SSSR count). The van der Waals surface area contributed by atoms with E-state index in [0.29, 0.717) is 0 Å². The van der Waals surface area contributed by atoms with E-state index in [4.69, 9.17) is 0 Å². The Morgan fingerprint density at radius 1 is 0.750 bits per heavy atom. The maximum Gasteiger partial charge on any atom is 0.00369 e. The Morgan fingerprint density at radius 3 is 2.08 bits per heavy atom. The van der Waals surface area contributed by atoms with Crippen LogP contribution in [0.1, 0.15) is 52.4 Å². The summed E-state index contributed by atoms with van der Waals surface area (Å²) >= 11 is 0. The Labute approximate surface area is 85.7 Å². The first-order valence-electron chi connectivity index (χ1n) is 5.16. The molecule has 0 N–H and O–H groups in total. The van der Waals surface area contributed by atoms with Gasteiger partial charge in [0.1, 0.15) is 0 Å². The van der Waals surface area contributed by atoms with Gasteiger partial charge in [-0.3, -0.25) is 0 Å². The van der Waals surface area contributed by atoms with Crippen molar-refractivity contribution >= 4 is 21.6 Å². The van der Waals surface area contributed by atoms with Gasteiger partial charge in [-0.05, 0) is 6.42 Å². The van der Waals surface area contributed by atoms with Crippen LogP contribution in [0.15, 0.2) is 0 Å². The molecule has 0 heterocycles. The normalized spacial score (nSPS) is 10.5. The minimum atomic E-state index is 1.25. The van der Waals surface area contributed by atoms with Crippen molar-refractivity contribution < 1.29 is 0 Å². The predicted molar refractivity (Wildman–Crippen MR) is 64.0 cm³/mol. The summed E-state index contributed by atoms with van der Waals surface area (Å²) in [6.45, 7) is 4.49. The minimum absolute atomic E-state index is 1.25. The maximum atomic E-state index is 2.27. The molecule has 0 aromatic heterocycles. The summed E-state index contributed by atoms with van der Waals surface area (Å²) in [4.78, 5) is 0. The van der Waals surface area contributed by atoms with Gasteiger partial charge >= 0.3 is 0 Å². The first-order valence-corrected chi connectivity index (χ1v) is 7.65. The highest BCUT2D eigenvalue weighted by Crippen LogP contribution is 2.22. The van der Waals surface area contributed by atoms with E-state index >= 15 is 0 Å². The Kier molecular flexibility index (Phi) is 12.4. The molecule has 74 valence electrons. The highest BCUT2D eigenvalue weighted by Gasteiger charge is 1.90. The lowest BCUT2D eigenvalue weighted by Crippen LogP contribution is -1.80. The maximum absolute atomic E-state index is 2.27. The van der Waals surface area contributed by atoms with E-state index < -0.39 is 0 Å². The van der Waals surface area contributed by atoms with Crippen LogP contribution in [0.2, 0.25) is 0 Å². The number of unbranched alkanes of at least 4 members (excludes halogenated alkanes) is 5. The number of hydrogen-bond donors (Lipinski definition) is 0. The molecule has 0 spiro atoms. The second-order valence-electron chi connectivity index (χ2n) is 3.00. The van der Waals surface area contributed by atoms with Crippen LogP contribution in [0.3, 0.4) is 0 Å². The van der Waals surface area contributed by atoms with Crippen molar-refractivity contribution in [3.63, 3.8) is 0 Å². The molecule has 0 amide bonds. The van der Waals surface area contributed by atoms with E-state index in [1.165, 1.54) is 50.0 Å². The van der Waals surface area contributed by atoms with Crippen molar-refractivity contribution in [2.75, 3.05) is 11.5 Å². The molecule has 2 heteroatoms. The molecule has 0 unspecified atom stereocenters. The zero-order valence-electron chi connectivity index (χ0n) is 8.47. The molecule has 0 aliphatic rings. The van der Waals surface area contributed by atoms with E-state index in [1.54, 1.807) is 0 Å². The van der Waals surface area contributed by atoms with Gasteiger partial charge in [-0.25, -0.2) is 0 Å². The van der Waals surface area contributed by atoms with Crippen molar-refractivity contribution in [2.24, 2.45) is 0 Å².